The van der Waals surface area contributed by atoms with Crippen molar-refractivity contribution in [1.29, 1.82) is 0 Å². The molecule has 0 aliphatic carbocycles. The lowest BCUT2D eigenvalue weighted by molar-refractivity contribution is 0.0696. The Balaban J connectivity index is 1.40. The molecular weight excluding hydrogens is 459 g/mol. The summed E-state index contributed by atoms with van der Waals surface area (Å²) < 4.78 is 24.8. The number of benzene rings is 4. The third-order valence-electron chi connectivity index (χ3n) is 6.35. The number of morpholine rings is 1. The van der Waals surface area contributed by atoms with Crippen LogP contribution in [-0.4, -0.2) is 37.4 Å². The van der Waals surface area contributed by atoms with Crippen LogP contribution in [0.1, 0.15) is 21.5 Å². The number of hydrogen-bond donors (Lipinski definition) is 2. The third-order valence-corrected chi connectivity index (χ3v) is 6.35. The summed E-state index contributed by atoms with van der Waals surface area (Å²) in [5.41, 5.74) is 3.50. The summed E-state index contributed by atoms with van der Waals surface area (Å²) in [6, 6.07) is 23.7. The fourth-order valence-electron chi connectivity index (χ4n) is 4.46. The van der Waals surface area contributed by atoms with Crippen molar-refractivity contribution >= 4 is 28.1 Å². The maximum Gasteiger partial charge on any atom is 0.337 e. The zero-order chi connectivity index (χ0) is 24.9. The van der Waals surface area contributed by atoms with Crippen LogP contribution >= 0.6 is 0 Å². The topological polar surface area (TPSA) is 71.0 Å². The summed E-state index contributed by atoms with van der Waals surface area (Å²) in [6.07, 6.45) is 0. The highest BCUT2D eigenvalue weighted by molar-refractivity contribution is 5.96. The molecule has 0 radical (unpaired) electrons. The molecule has 1 saturated heterocycles. The van der Waals surface area contributed by atoms with Gasteiger partial charge in [0.25, 0.3) is 0 Å². The van der Waals surface area contributed by atoms with Crippen LogP contribution in [0.4, 0.5) is 15.8 Å². The molecule has 0 spiro atoms. The molecule has 2 N–H and O–H groups in total. The molecule has 0 bridgehead atoms. The van der Waals surface area contributed by atoms with Crippen LogP contribution in [0.5, 0.6) is 5.75 Å². The maximum absolute atomic E-state index is 13.3. The molecule has 7 heteroatoms. The first kappa shape index (κ1) is 23.6. The molecule has 1 heterocycles. The van der Waals surface area contributed by atoms with Crippen molar-refractivity contribution in [3.63, 3.8) is 0 Å². The number of rotatable bonds is 8. The maximum atomic E-state index is 13.3. The second-order valence-electron chi connectivity index (χ2n) is 8.67. The number of carboxylic acid groups (broad SMARTS) is 1. The van der Waals surface area contributed by atoms with Crippen LogP contribution in [0.15, 0.2) is 78.9 Å². The van der Waals surface area contributed by atoms with E-state index < -0.39 is 5.97 Å². The minimum absolute atomic E-state index is 0.257. The number of anilines is 2. The summed E-state index contributed by atoms with van der Waals surface area (Å²) in [6.45, 7) is 3.25. The molecule has 4 aromatic carbocycles. The molecule has 0 saturated carbocycles. The van der Waals surface area contributed by atoms with Crippen molar-refractivity contribution in [1.82, 2.24) is 0 Å². The van der Waals surface area contributed by atoms with Gasteiger partial charge < -0.3 is 24.8 Å². The van der Waals surface area contributed by atoms with E-state index >= 15 is 0 Å². The number of hydrogen-bond acceptors (Lipinski definition) is 5. The van der Waals surface area contributed by atoms with Gasteiger partial charge >= 0.3 is 5.97 Å². The van der Waals surface area contributed by atoms with Crippen LogP contribution in [-0.2, 0) is 17.9 Å². The van der Waals surface area contributed by atoms with Gasteiger partial charge in [-0.05, 0) is 52.7 Å². The molecule has 0 atom stereocenters. The number of carboxylic acids is 1. The quantitative estimate of drug-likeness (QED) is 0.333. The van der Waals surface area contributed by atoms with Gasteiger partial charge in [0.05, 0.1) is 24.5 Å². The number of carbonyl (C=O) groups is 1. The minimum atomic E-state index is -0.964. The second-order valence-corrected chi connectivity index (χ2v) is 8.67. The van der Waals surface area contributed by atoms with Gasteiger partial charge in [0.15, 0.2) is 0 Å². The summed E-state index contributed by atoms with van der Waals surface area (Å²) in [5, 5.41) is 15.4. The van der Waals surface area contributed by atoms with Gasteiger partial charge in [0.2, 0.25) is 0 Å². The summed E-state index contributed by atoms with van der Waals surface area (Å²) in [7, 11) is 0. The molecule has 0 unspecified atom stereocenters. The molecular formula is C29H27FN2O4. The largest absolute Gasteiger partial charge is 0.489 e. The van der Waals surface area contributed by atoms with E-state index in [1.165, 1.54) is 12.1 Å². The predicted molar refractivity (Wildman–Crippen MR) is 138 cm³/mol. The monoisotopic (exact) mass is 486 g/mol. The average Bonchev–Trinajstić information content (AvgIpc) is 2.92. The van der Waals surface area contributed by atoms with Gasteiger partial charge in [-0.15, -0.1) is 0 Å². The van der Waals surface area contributed by atoms with Crippen LogP contribution < -0.4 is 15.0 Å². The first-order valence-electron chi connectivity index (χ1n) is 11.9. The van der Waals surface area contributed by atoms with Crippen LogP contribution in [0.3, 0.4) is 0 Å². The van der Waals surface area contributed by atoms with E-state index in [0.717, 1.165) is 21.9 Å². The molecule has 184 valence electrons. The summed E-state index contributed by atoms with van der Waals surface area (Å²) in [5.74, 6) is -0.530. The number of aromatic carboxylic acids is 1. The highest BCUT2D eigenvalue weighted by atomic mass is 19.1. The van der Waals surface area contributed by atoms with Gasteiger partial charge in [-0.25, -0.2) is 9.18 Å². The molecule has 0 aromatic heterocycles. The Kier molecular flexibility index (Phi) is 7.00. The number of nitrogens with one attached hydrogen (secondary N) is 1. The smallest absolute Gasteiger partial charge is 0.337 e. The van der Waals surface area contributed by atoms with Gasteiger partial charge in [-0.1, -0.05) is 42.5 Å². The predicted octanol–water partition coefficient (Wildman–Crippen LogP) is 5.70. The molecule has 0 amide bonds. The lowest BCUT2D eigenvalue weighted by atomic mass is 10.0. The van der Waals surface area contributed by atoms with Crippen molar-refractivity contribution in [3.05, 3.63) is 101 Å². The van der Waals surface area contributed by atoms with E-state index in [4.69, 9.17) is 9.47 Å². The molecule has 5 rings (SSSR count). The second kappa shape index (κ2) is 10.7. The average molecular weight is 487 g/mol. The Morgan fingerprint density at radius 2 is 1.78 bits per heavy atom. The fourth-order valence-corrected chi connectivity index (χ4v) is 4.46. The van der Waals surface area contributed by atoms with Gasteiger partial charge in [0, 0.05) is 30.9 Å². The van der Waals surface area contributed by atoms with Crippen molar-refractivity contribution in [2.24, 2.45) is 0 Å². The summed E-state index contributed by atoms with van der Waals surface area (Å²) in [4.78, 5) is 14.1. The van der Waals surface area contributed by atoms with E-state index in [9.17, 15) is 14.3 Å². The zero-order valence-electron chi connectivity index (χ0n) is 19.7. The Labute approximate surface area is 208 Å². The van der Waals surface area contributed by atoms with Crippen molar-refractivity contribution in [2.75, 3.05) is 36.5 Å². The lowest BCUT2D eigenvalue weighted by Crippen LogP contribution is -2.37. The SMILES string of the molecule is O=C(O)c1cc(NCc2c(OCc3ccc(F)cc3)ccc3ccccc23)ccc1N1CCOCC1. The van der Waals surface area contributed by atoms with E-state index in [1.807, 2.05) is 53.4 Å². The summed E-state index contributed by atoms with van der Waals surface area (Å²) >= 11 is 0. The minimum Gasteiger partial charge on any atom is -0.489 e. The number of halogens is 1. The van der Waals surface area contributed by atoms with Crippen molar-refractivity contribution in [2.45, 2.75) is 13.2 Å². The first-order chi connectivity index (χ1) is 17.6. The van der Waals surface area contributed by atoms with E-state index in [1.54, 1.807) is 18.2 Å². The highest BCUT2D eigenvalue weighted by Crippen LogP contribution is 2.31. The molecule has 36 heavy (non-hydrogen) atoms. The van der Waals surface area contributed by atoms with Crippen molar-refractivity contribution < 1.29 is 23.8 Å². The molecule has 1 fully saturated rings. The zero-order valence-corrected chi connectivity index (χ0v) is 19.7. The Bertz CT molecular complexity index is 1370. The van der Waals surface area contributed by atoms with Crippen LogP contribution in [0.25, 0.3) is 10.8 Å². The van der Waals surface area contributed by atoms with Gasteiger partial charge in [-0.2, -0.15) is 0 Å². The van der Waals surface area contributed by atoms with E-state index in [2.05, 4.69) is 5.32 Å². The van der Waals surface area contributed by atoms with E-state index in [0.29, 0.717) is 56.6 Å². The lowest BCUT2D eigenvalue weighted by Gasteiger charge is -2.30. The van der Waals surface area contributed by atoms with Crippen LogP contribution in [0.2, 0.25) is 0 Å². The Morgan fingerprint density at radius 1 is 1.00 bits per heavy atom. The molecule has 6 nitrogen and oxygen atoms in total. The van der Waals surface area contributed by atoms with Crippen molar-refractivity contribution in [3.8, 4) is 5.75 Å². The number of fused-ring (bicyclic) bond motifs is 1. The fraction of sp³-hybridized carbons (Fsp3) is 0.207. The standard InChI is InChI=1S/C29H27FN2O4/c30-22-8-5-20(6-9-22)19-36-28-12-7-21-3-1-2-4-24(21)26(28)18-31-23-10-11-27(25(17-23)29(33)34)32-13-15-35-16-14-32/h1-12,17,31H,13-16,18-19H2,(H,33,34). The molecule has 4 aromatic rings. The van der Waals surface area contributed by atoms with Gasteiger partial charge in [0.1, 0.15) is 18.2 Å². The van der Waals surface area contributed by atoms with E-state index in [-0.39, 0.29) is 11.4 Å². The first-order valence-corrected chi connectivity index (χ1v) is 11.9. The normalized spacial score (nSPS) is 13.5. The Hall–Kier alpha value is -4.10. The Morgan fingerprint density at radius 3 is 2.56 bits per heavy atom. The third kappa shape index (κ3) is 5.26. The molecule has 1 aliphatic rings. The number of ether oxygens (including phenoxy) is 2. The van der Waals surface area contributed by atoms with Gasteiger partial charge in [-0.3, -0.25) is 0 Å². The highest BCUT2D eigenvalue weighted by Gasteiger charge is 2.19. The number of nitrogens with zero attached hydrogens (tertiary/aromatic N) is 1. The van der Waals surface area contributed by atoms with Crippen LogP contribution in [0, 0.1) is 5.82 Å². The molecule has 1 aliphatic heterocycles.